The van der Waals surface area contributed by atoms with Crippen molar-refractivity contribution < 1.29 is 4.79 Å². The minimum Gasteiger partial charge on any atom is -0.325 e. The van der Waals surface area contributed by atoms with Crippen LogP contribution < -0.4 is 10.6 Å². The molecule has 0 unspecified atom stereocenters. The van der Waals surface area contributed by atoms with Crippen LogP contribution in [0.3, 0.4) is 0 Å². The number of nitrogens with zero attached hydrogens (tertiary/aromatic N) is 1. The number of amides is 1. The van der Waals surface area contributed by atoms with E-state index in [4.69, 9.17) is 0 Å². The van der Waals surface area contributed by atoms with Crippen LogP contribution in [0.4, 0.5) is 5.69 Å². The SMILES string of the molecule is C[C@H](N[C@@H]1CCN(C)[C@H]1c1ccccc1)C(=O)Nc1ccccc1. The molecule has 0 aliphatic carbocycles. The average molecular weight is 323 g/mol. The van der Waals surface area contributed by atoms with E-state index in [1.54, 1.807) is 0 Å². The predicted octanol–water partition coefficient (Wildman–Crippen LogP) is 3.05. The Bertz CT molecular complexity index is 659. The summed E-state index contributed by atoms with van der Waals surface area (Å²) in [4.78, 5) is 14.8. The van der Waals surface area contributed by atoms with E-state index in [1.807, 2.05) is 43.3 Å². The monoisotopic (exact) mass is 323 g/mol. The van der Waals surface area contributed by atoms with Gasteiger partial charge in [-0.3, -0.25) is 9.69 Å². The fourth-order valence-electron chi connectivity index (χ4n) is 3.43. The maximum absolute atomic E-state index is 12.4. The molecule has 0 saturated carbocycles. The zero-order chi connectivity index (χ0) is 16.9. The van der Waals surface area contributed by atoms with Crippen LogP contribution in [0.25, 0.3) is 0 Å². The van der Waals surface area contributed by atoms with Crippen molar-refractivity contribution in [3.63, 3.8) is 0 Å². The van der Waals surface area contributed by atoms with Crippen LogP contribution in [-0.4, -0.2) is 36.5 Å². The predicted molar refractivity (Wildman–Crippen MR) is 97.9 cm³/mol. The Hall–Kier alpha value is -2.17. The lowest BCUT2D eigenvalue weighted by atomic mass is 9.99. The standard InChI is InChI=1S/C20H25N3O/c1-15(20(24)22-17-11-7-4-8-12-17)21-18-13-14-23(2)19(18)16-9-5-3-6-10-16/h3-12,15,18-19,21H,13-14H2,1-2H3,(H,22,24)/t15-,18+,19-/m0/s1. The molecular formula is C20H25N3O. The average Bonchev–Trinajstić information content (AvgIpc) is 2.97. The number of nitrogens with one attached hydrogen (secondary N) is 2. The van der Waals surface area contributed by atoms with Crippen LogP contribution in [0.15, 0.2) is 60.7 Å². The molecule has 126 valence electrons. The van der Waals surface area contributed by atoms with Crippen molar-refractivity contribution in [3.05, 3.63) is 66.2 Å². The summed E-state index contributed by atoms with van der Waals surface area (Å²) >= 11 is 0. The molecule has 1 amide bonds. The summed E-state index contributed by atoms with van der Waals surface area (Å²) in [6, 6.07) is 20.4. The van der Waals surface area contributed by atoms with Crippen LogP contribution >= 0.6 is 0 Å². The zero-order valence-electron chi connectivity index (χ0n) is 14.3. The second kappa shape index (κ2) is 7.60. The van der Waals surface area contributed by atoms with Crippen molar-refractivity contribution in [2.45, 2.75) is 31.5 Å². The van der Waals surface area contributed by atoms with E-state index in [-0.39, 0.29) is 18.0 Å². The normalized spacial score (nSPS) is 22.2. The summed E-state index contributed by atoms with van der Waals surface area (Å²) in [6.07, 6.45) is 1.04. The molecule has 2 aromatic carbocycles. The number of likely N-dealkylation sites (tertiary alicyclic amines) is 1. The number of hydrogen-bond acceptors (Lipinski definition) is 3. The Kier molecular flexibility index (Phi) is 5.28. The Labute approximate surface area is 143 Å². The van der Waals surface area contributed by atoms with E-state index < -0.39 is 0 Å². The van der Waals surface area contributed by atoms with Gasteiger partial charge in [0.2, 0.25) is 5.91 Å². The van der Waals surface area contributed by atoms with Gasteiger partial charge in [0.25, 0.3) is 0 Å². The zero-order valence-corrected chi connectivity index (χ0v) is 14.3. The van der Waals surface area contributed by atoms with Gasteiger partial charge in [0.15, 0.2) is 0 Å². The summed E-state index contributed by atoms with van der Waals surface area (Å²) in [5, 5.41) is 6.49. The Morgan fingerprint density at radius 2 is 1.71 bits per heavy atom. The molecule has 2 N–H and O–H groups in total. The van der Waals surface area contributed by atoms with Gasteiger partial charge in [0.1, 0.15) is 0 Å². The molecule has 4 nitrogen and oxygen atoms in total. The third-order valence-electron chi connectivity index (χ3n) is 4.69. The van der Waals surface area contributed by atoms with Gasteiger partial charge in [-0.15, -0.1) is 0 Å². The quantitative estimate of drug-likeness (QED) is 0.889. The highest BCUT2D eigenvalue weighted by Crippen LogP contribution is 2.31. The molecule has 1 saturated heterocycles. The fraction of sp³-hybridized carbons (Fsp3) is 0.350. The van der Waals surface area contributed by atoms with Gasteiger partial charge in [-0.05, 0) is 38.1 Å². The topological polar surface area (TPSA) is 44.4 Å². The van der Waals surface area contributed by atoms with Gasteiger partial charge in [-0.1, -0.05) is 48.5 Å². The maximum Gasteiger partial charge on any atom is 0.241 e. The highest BCUT2D eigenvalue weighted by molar-refractivity contribution is 5.94. The van der Waals surface area contributed by atoms with Gasteiger partial charge in [-0.2, -0.15) is 0 Å². The van der Waals surface area contributed by atoms with Gasteiger partial charge >= 0.3 is 0 Å². The van der Waals surface area contributed by atoms with Crippen molar-refractivity contribution in [1.82, 2.24) is 10.2 Å². The van der Waals surface area contributed by atoms with E-state index in [1.165, 1.54) is 5.56 Å². The number of benzene rings is 2. The van der Waals surface area contributed by atoms with Crippen LogP contribution in [0.5, 0.6) is 0 Å². The molecule has 4 heteroatoms. The number of carbonyl (C=O) groups excluding carboxylic acids is 1. The highest BCUT2D eigenvalue weighted by atomic mass is 16.2. The van der Waals surface area contributed by atoms with E-state index in [2.05, 4.69) is 46.8 Å². The molecule has 24 heavy (non-hydrogen) atoms. The first-order valence-electron chi connectivity index (χ1n) is 8.52. The molecule has 1 heterocycles. The summed E-state index contributed by atoms with van der Waals surface area (Å²) < 4.78 is 0. The third kappa shape index (κ3) is 3.83. The molecule has 3 atom stereocenters. The molecule has 0 spiro atoms. The molecule has 0 aromatic heterocycles. The van der Waals surface area contributed by atoms with E-state index in [9.17, 15) is 4.79 Å². The molecule has 3 rings (SSSR count). The Morgan fingerprint density at radius 3 is 2.38 bits per heavy atom. The molecule has 0 bridgehead atoms. The highest BCUT2D eigenvalue weighted by Gasteiger charge is 2.34. The minimum atomic E-state index is -0.243. The Morgan fingerprint density at radius 1 is 1.08 bits per heavy atom. The first-order valence-corrected chi connectivity index (χ1v) is 8.52. The van der Waals surface area contributed by atoms with Crippen molar-refractivity contribution >= 4 is 11.6 Å². The largest absolute Gasteiger partial charge is 0.325 e. The van der Waals surface area contributed by atoms with Crippen LogP contribution in [0, 0.1) is 0 Å². The molecule has 1 aliphatic heterocycles. The van der Waals surface area contributed by atoms with Crippen LogP contribution in [0.2, 0.25) is 0 Å². The number of anilines is 1. The molecular weight excluding hydrogens is 298 g/mol. The van der Waals surface area contributed by atoms with Gasteiger partial charge < -0.3 is 10.6 Å². The summed E-state index contributed by atoms with van der Waals surface area (Å²) in [6.45, 7) is 2.96. The number of para-hydroxylation sites is 1. The second-order valence-electron chi connectivity index (χ2n) is 6.47. The summed E-state index contributed by atoms with van der Waals surface area (Å²) in [5.74, 6) is 0.00237. The molecule has 1 fully saturated rings. The summed E-state index contributed by atoms with van der Waals surface area (Å²) in [7, 11) is 2.15. The lowest BCUT2D eigenvalue weighted by molar-refractivity contribution is -0.118. The minimum absolute atomic E-state index is 0.00237. The lowest BCUT2D eigenvalue weighted by Gasteiger charge is -2.28. The lowest BCUT2D eigenvalue weighted by Crippen LogP contribution is -2.46. The summed E-state index contributed by atoms with van der Waals surface area (Å²) in [5.41, 5.74) is 2.13. The number of rotatable bonds is 5. The molecule has 2 aromatic rings. The van der Waals surface area contributed by atoms with Crippen molar-refractivity contribution in [2.75, 3.05) is 18.9 Å². The Balaban J connectivity index is 1.64. The molecule has 0 radical (unpaired) electrons. The maximum atomic E-state index is 12.4. The smallest absolute Gasteiger partial charge is 0.241 e. The van der Waals surface area contributed by atoms with Crippen molar-refractivity contribution in [2.24, 2.45) is 0 Å². The van der Waals surface area contributed by atoms with Gasteiger partial charge in [0.05, 0.1) is 6.04 Å². The van der Waals surface area contributed by atoms with E-state index >= 15 is 0 Å². The van der Waals surface area contributed by atoms with E-state index in [0.717, 1.165) is 18.7 Å². The number of likely N-dealkylation sites (N-methyl/N-ethyl adjacent to an activating group) is 1. The van der Waals surface area contributed by atoms with E-state index in [0.29, 0.717) is 6.04 Å². The molecule has 1 aliphatic rings. The van der Waals surface area contributed by atoms with Crippen molar-refractivity contribution in [3.8, 4) is 0 Å². The fourth-order valence-corrected chi connectivity index (χ4v) is 3.43. The second-order valence-corrected chi connectivity index (χ2v) is 6.47. The van der Waals surface area contributed by atoms with Gasteiger partial charge in [-0.25, -0.2) is 0 Å². The first-order chi connectivity index (χ1) is 11.6. The van der Waals surface area contributed by atoms with Gasteiger partial charge in [0, 0.05) is 24.3 Å². The van der Waals surface area contributed by atoms with Crippen molar-refractivity contribution in [1.29, 1.82) is 0 Å². The number of hydrogen-bond donors (Lipinski definition) is 2. The van der Waals surface area contributed by atoms with Crippen LogP contribution in [0.1, 0.15) is 24.9 Å². The number of carbonyl (C=O) groups is 1. The third-order valence-corrected chi connectivity index (χ3v) is 4.69. The van der Waals surface area contributed by atoms with Crippen LogP contribution in [-0.2, 0) is 4.79 Å². The first kappa shape index (κ1) is 16.7.